The zero-order chi connectivity index (χ0) is 27.5. The van der Waals surface area contributed by atoms with Crippen molar-refractivity contribution in [2.75, 3.05) is 13.2 Å². The van der Waals surface area contributed by atoms with Crippen molar-refractivity contribution in [2.45, 2.75) is 38.7 Å². The van der Waals surface area contributed by atoms with E-state index in [1.54, 1.807) is 24.3 Å². The monoisotopic (exact) mass is 520 g/mol. The van der Waals surface area contributed by atoms with E-state index < -0.39 is 18.0 Å². The van der Waals surface area contributed by atoms with E-state index in [0.717, 1.165) is 16.7 Å². The van der Waals surface area contributed by atoms with E-state index in [1.807, 2.05) is 19.1 Å². The minimum absolute atomic E-state index is 0.0314. The maximum absolute atomic E-state index is 12.2. The van der Waals surface area contributed by atoms with Crippen LogP contribution in [0.25, 0.3) is 6.08 Å². The molecule has 2 aromatic rings. The molecule has 1 aliphatic rings. The molecule has 0 unspecified atom stereocenters. The summed E-state index contributed by atoms with van der Waals surface area (Å²) >= 11 is 0. The molecule has 38 heavy (non-hydrogen) atoms. The molecule has 1 aliphatic heterocycles. The smallest absolute Gasteiger partial charge is 0.334 e. The van der Waals surface area contributed by atoms with Crippen molar-refractivity contribution in [3.8, 4) is 17.2 Å². The molecule has 4 N–H and O–H groups in total. The highest BCUT2D eigenvalue weighted by atomic mass is 16.5. The van der Waals surface area contributed by atoms with E-state index in [0.29, 0.717) is 36.8 Å². The van der Waals surface area contributed by atoms with Gasteiger partial charge in [-0.25, -0.2) is 9.59 Å². The largest absolute Gasteiger partial charge is 0.508 e. The normalized spacial score (nSPS) is 16.0. The second kappa shape index (κ2) is 13.9. The number of ether oxygens (including phenoxy) is 2. The zero-order valence-electron chi connectivity index (χ0n) is 21.2. The molecule has 1 atom stereocenters. The summed E-state index contributed by atoms with van der Waals surface area (Å²) in [5.74, 6) is -0.881. The minimum atomic E-state index is -0.753. The summed E-state index contributed by atoms with van der Waals surface area (Å²) in [6.07, 6.45) is 9.88. The molecular weight excluding hydrogens is 488 g/mol. The molecule has 0 aliphatic carbocycles. The predicted octanol–water partition coefficient (Wildman–Crippen LogP) is 5.01. The third kappa shape index (κ3) is 8.67. The number of esters is 2. The van der Waals surface area contributed by atoms with Crippen LogP contribution < -0.4 is 0 Å². The number of benzene rings is 2. The van der Waals surface area contributed by atoms with E-state index in [1.165, 1.54) is 36.4 Å². The highest BCUT2D eigenvalue weighted by Crippen LogP contribution is 2.36. The molecule has 0 bridgehead atoms. The molecule has 0 radical (unpaired) electrons. The Labute approximate surface area is 221 Å². The third-order valence-electron chi connectivity index (χ3n) is 5.92. The first-order chi connectivity index (χ1) is 18.2. The Hall–Kier alpha value is -4.30. The number of carbonyl (C=O) groups is 2. The van der Waals surface area contributed by atoms with Crippen LogP contribution in [0.5, 0.6) is 17.2 Å². The zero-order valence-corrected chi connectivity index (χ0v) is 21.2. The Morgan fingerprint density at radius 2 is 1.76 bits per heavy atom. The van der Waals surface area contributed by atoms with Gasteiger partial charge in [0.1, 0.15) is 30.0 Å². The number of rotatable bonds is 12. The van der Waals surface area contributed by atoms with Gasteiger partial charge in [-0.2, -0.15) is 0 Å². The Bertz CT molecular complexity index is 1250. The summed E-state index contributed by atoms with van der Waals surface area (Å²) in [6.45, 7) is 1.91. The molecule has 8 heteroatoms. The van der Waals surface area contributed by atoms with Crippen LogP contribution in [-0.4, -0.2) is 45.6 Å². The van der Waals surface area contributed by atoms with Crippen molar-refractivity contribution in [2.24, 2.45) is 0 Å². The summed E-state index contributed by atoms with van der Waals surface area (Å²) < 4.78 is 10.6. The summed E-state index contributed by atoms with van der Waals surface area (Å²) in [4.78, 5) is 24.1. The fourth-order valence-corrected chi connectivity index (χ4v) is 3.81. The standard InChI is InChI=1S/C30H32O8/c1-20(19-37-29(35)15-10-21-8-11-24(32)12-9-21)4-2-5-22(18-31)6-3-7-23-16-28(38-30(23)36)26-17-25(33)13-14-27(26)34/h4,6,8-17,28,31-34H,2-3,5,7,18-19H2,1H3/b15-10+,20-4+,22-6-/t28-/m0/s1. The lowest BCUT2D eigenvalue weighted by atomic mass is 10.0. The number of aromatic hydroxyl groups is 3. The van der Waals surface area contributed by atoms with Crippen LogP contribution in [0, 0.1) is 0 Å². The average Bonchev–Trinajstić information content (AvgIpc) is 3.27. The van der Waals surface area contributed by atoms with Crippen molar-refractivity contribution < 1.29 is 39.5 Å². The lowest BCUT2D eigenvalue weighted by Crippen LogP contribution is -2.03. The molecule has 0 spiro atoms. The van der Waals surface area contributed by atoms with Crippen LogP contribution >= 0.6 is 0 Å². The van der Waals surface area contributed by atoms with Gasteiger partial charge in [-0.3, -0.25) is 0 Å². The van der Waals surface area contributed by atoms with E-state index in [2.05, 4.69) is 0 Å². The van der Waals surface area contributed by atoms with Gasteiger partial charge in [0.15, 0.2) is 0 Å². The first kappa shape index (κ1) is 28.3. The lowest BCUT2D eigenvalue weighted by molar-refractivity contribution is -0.140. The molecule has 3 rings (SSSR count). The number of cyclic esters (lactones) is 1. The van der Waals surface area contributed by atoms with Crippen molar-refractivity contribution in [1.29, 1.82) is 0 Å². The third-order valence-corrected chi connectivity index (χ3v) is 5.92. The fourth-order valence-electron chi connectivity index (χ4n) is 3.81. The molecule has 0 saturated heterocycles. The van der Waals surface area contributed by atoms with Gasteiger partial charge in [-0.05, 0) is 91.8 Å². The predicted molar refractivity (Wildman–Crippen MR) is 142 cm³/mol. The van der Waals surface area contributed by atoms with Crippen LogP contribution in [0.15, 0.2) is 83.5 Å². The fraction of sp³-hybridized carbons (Fsp3) is 0.267. The van der Waals surface area contributed by atoms with Crippen LogP contribution in [0.4, 0.5) is 0 Å². The molecule has 0 amide bonds. The number of phenols is 3. The molecule has 1 heterocycles. The number of carbonyl (C=O) groups excluding carboxylic acids is 2. The van der Waals surface area contributed by atoms with Crippen LogP contribution in [0.1, 0.15) is 49.8 Å². The molecule has 0 saturated carbocycles. The first-order valence-electron chi connectivity index (χ1n) is 12.3. The van der Waals surface area contributed by atoms with Gasteiger partial charge in [0.2, 0.25) is 0 Å². The number of hydrogen-bond donors (Lipinski definition) is 4. The van der Waals surface area contributed by atoms with E-state index >= 15 is 0 Å². The SMILES string of the molecule is C/C(=C\CC/C(=C/CCC1=C[C@@H](c2cc(O)ccc2O)OC1=O)CO)COC(=O)/C=C/c1ccc(O)cc1. The first-order valence-corrected chi connectivity index (χ1v) is 12.3. The highest BCUT2D eigenvalue weighted by Gasteiger charge is 2.28. The molecule has 0 aromatic heterocycles. The highest BCUT2D eigenvalue weighted by molar-refractivity contribution is 5.91. The Balaban J connectivity index is 1.42. The average molecular weight is 521 g/mol. The van der Waals surface area contributed by atoms with Crippen LogP contribution in [0.2, 0.25) is 0 Å². The topological polar surface area (TPSA) is 134 Å². The quantitative estimate of drug-likeness (QED) is 0.133. The lowest BCUT2D eigenvalue weighted by Gasteiger charge is -2.10. The number of hydrogen-bond acceptors (Lipinski definition) is 8. The van der Waals surface area contributed by atoms with E-state index in [9.17, 15) is 30.0 Å². The number of aliphatic hydroxyl groups is 1. The summed E-state index contributed by atoms with van der Waals surface area (Å²) in [7, 11) is 0. The number of phenolic OH excluding ortho intramolecular Hbond substituents is 3. The Morgan fingerprint density at radius 1 is 1.03 bits per heavy atom. The molecular formula is C30H32O8. The maximum Gasteiger partial charge on any atom is 0.334 e. The minimum Gasteiger partial charge on any atom is -0.508 e. The molecule has 0 fully saturated rings. The molecule has 8 nitrogen and oxygen atoms in total. The van der Waals surface area contributed by atoms with E-state index in [-0.39, 0.29) is 30.5 Å². The van der Waals surface area contributed by atoms with Crippen LogP contribution in [-0.2, 0) is 19.1 Å². The summed E-state index contributed by atoms with van der Waals surface area (Å²) in [6, 6.07) is 10.5. The van der Waals surface area contributed by atoms with Gasteiger partial charge in [0, 0.05) is 17.2 Å². The van der Waals surface area contributed by atoms with Crippen LogP contribution in [0.3, 0.4) is 0 Å². The van der Waals surface area contributed by atoms with Gasteiger partial charge in [-0.1, -0.05) is 24.3 Å². The second-order valence-electron chi connectivity index (χ2n) is 8.94. The summed E-state index contributed by atoms with van der Waals surface area (Å²) in [5.41, 5.74) is 3.28. The molecule has 2 aromatic carbocycles. The second-order valence-corrected chi connectivity index (χ2v) is 8.94. The van der Waals surface area contributed by atoms with Crippen molar-refractivity contribution in [1.82, 2.24) is 0 Å². The van der Waals surface area contributed by atoms with Gasteiger partial charge in [0.05, 0.1) is 6.61 Å². The van der Waals surface area contributed by atoms with Gasteiger partial charge < -0.3 is 29.9 Å². The van der Waals surface area contributed by atoms with Gasteiger partial charge in [-0.15, -0.1) is 0 Å². The maximum atomic E-state index is 12.2. The van der Waals surface area contributed by atoms with Gasteiger partial charge in [0.25, 0.3) is 0 Å². The van der Waals surface area contributed by atoms with E-state index in [4.69, 9.17) is 9.47 Å². The number of aliphatic hydroxyl groups excluding tert-OH is 1. The van der Waals surface area contributed by atoms with Gasteiger partial charge >= 0.3 is 11.9 Å². The molecule has 200 valence electrons. The number of allylic oxidation sites excluding steroid dienone is 2. The van der Waals surface area contributed by atoms with Crippen molar-refractivity contribution >= 4 is 18.0 Å². The summed E-state index contributed by atoms with van der Waals surface area (Å²) in [5, 5.41) is 38.6. The Kier molecular flexibility index (Phi) is 10.3. The Morgan fingerprint density at radius 3 is 2.50 bits per heavy atom. The van der Waals surface area contributed by atoms with Crippen molar-refractivity contribution in [3.05, 3.63) is 94.6 Å². The van der Waals surface area contributed by atoms with Crippen molar-refractivity contribution in [3.63, 3.8) is 0 Å².